The van der Waals surface area contributed by atoms with Gasteiger partial charge in [-0.3, -0.25) is 14.5 Å². The number of allylic oxidation sites excluding steroid dienone is 2. The maximum atomic E-state index is 12.6. The maximum Gasteiger partial charge on any atom is 0.257 e. The molecule has 1 atom stereocenters. The fraction of sp³-hybridized carbons (Fsp3) is 0.476. The highest BCUT2D eigenvalue weighted by atomic mass is 16.2. The molecule has 1 fully saturated rings. The van der Waals surface area contributed by atoms with Crippen molar-refractivity contribution in [2.45, 2.75) is 51.5 Å². The molecule has 0 heterocycles. The van der Waals surface area contributed by atoms with Crippen LogP contribution in [0.25, 0.3) is 0 Å². The number of amides is 2. The second-order valence-electron chi connectivity index (χ2n) is 6.84. The Morgan fingerprint density at radius 1 is 1.31 bits per heavy atom. The van der Waals surface area contributed by atoms with Crippen LogP contribution < -0.4 is 5.32 Å². The third-order valence-electron chi connectivity index (χ3n) is 4.93. The van der Waals surface area contributed by atoms with Crippen molar-refractivity contribution >= 4 is 11.8 Å². The van der Waals surface area contributed by atoms with E-state index in [2.05, 4.69) is 18.3 Å². The van der Waals surface area contributed by atoms with Gasteiger partial charge in [-0.05, 0) is 56.6 Å². The smallest absolute Gasteiger partial charge is 0.257 e. The first-order valence-electron chi connectivity index (χ1n) is 9.26. The van der Waals surface area contributed by atoms with Gasteiger partial charge in [0.2, 0.25) is 0 Å². The van der Waals surface area contributed by atoms with Gasteiger partial charge in [0.25, 0.3) is 11.8 Å². The summed E-state index contributed by atoms with van der Waals surface area (Å²) < 4.78 is 0. The molecule has 0 saturated heterocycles. The van der Waals surface area contributed by atoms with Crippen molar-refractivity contribution < 1.29 is 9.59 Å². The molecule has 5 heteroatoms. The average Bonchev–Trinajstić information content (AvgIpc) is 2.68. The third-order valence-corrected chi connectivity index (χ3v) is 4.93. The van der Waals surface area contributed by atoms with Crippen LogP contribution in [0.5, 0.6) is 0 Å². The number of carbonyl (C=O) groups is 2. The Morgan fingerprint density at radius 3 is 2.54 bits per heavy atom. The Kier molecular flexibility index (Phi) is 7.40. The van der Waals surface area contributed by atoms with Gasteiger partial charge in [-0.2, -0.15) is 5.26 Å². The fourth-order valence-electron chi connectivity index (χ4n) is 3.45. The van der Waals surface area contributed by atoms with Crippen molar-refractivity contribution in [3.8, 4) is 6.19 Å². The van der Waals surface area contributed by atoms with Crippen LogP contribution >= 0.6 is 0 Å². The molecule has 2 rings (SSSR count). The summed E-state index contributed by atoms with van der Waals surface area (Å²) in [5.74, 6) is -0.259. The minimum Gasteiger partial charge on any atom is -0.340 e. The van der Waals surface area contributed by atoms with Gasteiger partial charge < -0.3 is 5.32 Å². The molecule has 138 valence electrons. The standard InChI is InChI=1S/C21H27N3O2/c1-3-7-16-10-12-17(13-11-16)14-19(21(26)24(2)15-22)23-20(25)18-8-5-4-6-9-18/h4-9,17,19H,3,10-14H2,1-2H3,(H,23,25)/t17?,19-/m0/s1. The van der Waals surface area contributed by atoms with Gasteiger partial charge in [0.05, 0.1) is 0 Å². The van der Waals surface area contributed by atoms with Gasteiger partial charge in [-0.1, -0.05) is 36.8 Å². The first-order valence-corrected chi connectivity index (χ1v) is 9.26. The highest BCUT2D eigenvalue weighted by molar-refractivity contribution is 5.97. The van der Waals surface area contributed by atoms with Crippen molar-refractivity contribution in [3.63, 3.8) is 0 Å². The van der Waals surface area contributed by atoms with Crippen LogP contribution in [-0.4, -0.2) is 29.8 Å². The van der Waals surface area contributed by atoms with Gasteiger partial charge in [-0.25, -0.2) is 0 Å². The Balaban J connectivity index is 2.05. The van der Waals surface area contributed by atoms with Crippen LogP contribution in [0.1, 0.15) is 55.8 Å². The Morgan fingerprint density at radius 2 is 1.96 bits per heavy atom. The van der Waals surface area contributed by atoms with Gasteiger partial charge in [-0.15, -0.1) is 0 Å². The van der Waals surface area contributed by atoms with E-state index in [0.29, 0.717) is 17.9 Å². The van der Waals surface area contributed by atoms with Crippen LogP contribution in [0, 0.1) is 17.4 Å². The number of likely N-dealkylation sites (N-methyl/N-ethyl adjacent to an activating group) is 1. The predicted molar refractivity (Wildman–Crippen MR) is 101 cm³/mol. The summed E-state index contributed by atoms with van der Waals surface area (Å²) in [5.41, 5.74) is 2.01. The second kappa shape index (κ2) is 9.76. The summed E-state index contributed by atoms with van der Waals surface area (Å²) in [5, 5.41) is 11.9. The summed E-state index contributed by atoms with van der Waals surface area (Å²) in [6, 6.07) is 8.17. The first kappa shape index (κ1) is 19.7. The molecule has 0 unspecified atom stereocenters. The molecule has 0 aromatic heterocycles. The molecular weight excluding hydrogens is 326 g/mol. The van der Waals surface area contributed by atoms with E-state index in [4.69, 9.17) is 5.26 Å². The number of nitrogens with one attached hydrogen (secondary N) is 1. The number of hydrogen-bond acceptors (Lipinski definition) is 3. The summed E-state index contributed by atoms with van der Waals surface area (Å²) in [6.07, 6.45) is 9.92. The maximum absolute atomic E-state index is 12.6. The number of benzene rings is 1. The minimum atomic E-state index is -0.672. The molecular formula is C21H27N3O2. The van der Waals surface area contributed by atoms with Crippen LogP contribution in [0.3, 0.4) is 0 Å². The van der Waals surface area contributed by atoms with Crippen molar-refractivity contribution in [3.05, 3.63) is 47.5 Å². The van der Waals surface area contributed by atoms with E-state index in [0.717, 1.165) is 37.0 Å². The third kappa shape index (κ3) is 5.45. The molecule has 0 aliphatic heterocycles. The zero-order chi connectivity index (χ0) is 18.9. The van der Waals surface area contributed by atoms with Gasteiger partial charge in [0.15, 0.2) is 6.19 Å². The number of carbonyl (C=O) groups excluding carboxylic acids is 2. The largest absolute Gasteiger partial charge is 0.340 e. The molecule has 26 heavy (non-hydrogen) atoms. The molecule has 1 aromatic rings. The lowest BCUT2D eigenvalue weighted by molar-refractivity contribution is -0.129. The van der Waals surface area contributed by atoms with Crippen LogP contribution in [0.2, 0.25) is 0 Å². The summed E-state index contributed by atoms with van der Waals surface area (Å²) in [4.78, 5) is 26.0. The molecule has 0 spiro atoms. The highest BCUT2D eigenvalue weighted by Gasteiger charge is 2.29. The van der Waals surface area contributed by atoms with E-state index in [9.17, 15) is 9.59 Å². The summed E-state index contributed by atoms with van der Waals surface area (Å²) in [7, 11) is 1.44. The quantitative estimate of drug-likeness (QED) is 0.482. The molecule has 1 saturated carbocycles. The second-order valence-corrected chi connectivity index (χ2v) is 6.84. The summed E-state index contributed by atoms with van der Waals surface area (Å²) >= 11 is 0. The van der Waals surface area contributed by atoms with Gasteiger partial charge in [0.1, 0.15) is 6.04 Å². The molecule has 5 nitrogen and oxygen atoms in total. The molecule has 1 aromatic carbocycles. The molecule has 2 amide bonds. The molecule has 1 aliphatic rings. The lowest BCUT2D eigenvalue weighted by Crippen LogP contribution is -2.47. The van der Waals surface area contributed by atoms with E-state index in [1.165, 1.54) is 12.6 Å². The fourth-order valence-corrected chi connectivity index (χ4v) is 3.45. The molecule has 1 N–H and O–H groups in total. The average molecular weight is 353 g/mol. The van der Waals surface area contributed by atoms with Crippen molar-refractivity contribution in [1.29, 1.82) is 5.26 Å². The number of hydrogen-bond donors (Lipinski definition) is 1. The predicted octanol–water partition coefficient (Wildman–Crippen LogP) is 3.64. The molecule has 0 bridgehead atoms. The zero-order valence-electron chi connectivity index (χ0n) is 15.6. The lowest BCUT2D eigenvalue weighted by atomic mass is 9.81. The van der Waals surface area contributed by atoms with Crippen molar-refractivity contribution in [2.24, 2.45) is 5.92 Å². The topological polar surface area (TPSA) is 73.2 Å². The number of nitriles is 1. The van der Waals surface area contributed by atoms with Crippen LogP contribution in [0.15, 0.2) is 42.0 Å². The molecule has 1 aliphatic carbocycles. The Bertz CT molecular complexity index is 681. The van der Waals surface area contributed by atoms with Crippen LogP contribution in [0.4, 0.5) is 0 Å². The normalized spacial score (nSPS) is 17.7. The van der Waals surface area contributed by atoms with Gasteiger partial charge >= 0.3 is 0 Å². The van der Waals surface area contributed by atoms with Gasteiger partial charge in [0, 0.05) is 12.6 Å². The summed E-state index contributed by atoms with van der Waals surface area (Å²) in [6.45, 7) is 2.14. The Hall–Kier alpha value is -2.61. The SMILES string of the molecule is CCC=C1CCC(C[C@H](NC(=O)c2ccccc2)C(=O)N(C)C#N)CC1. The van der Waals surface area contributed by atoms with Crippen molar-refractivity contribution in [1.82, 2.24) is 10.2 Å². The van der Waals surface area contributed by atoms with E-state index in [1.54, 1.807) is 24.3 Å². The first-order chi connectivity index (χ1) is 12.5. The molecule has 0 radical (unpaired) electrons. The highest BCUT2D eigenvalue weighted by Crippen LogP contribution is 2.31. The number of nitrogens with zero attached hydrogens (tertiary/aromatic N) is 2. The lowest BCUT2D eigenvalue weighted by Gasteiger charge is -2.28. The monoisotopic (exact) mass is 353 g/mol. The zero-order valence-corrected chi connectivity index (χ0v) is 15.6. The number of rotatable bonds is 6. The van der Waals surface area contributed by atoms with Crippen LogP contribution in [-0.2, 0) is 4.79 Å². The van der Waals surface area contributed by atoms with E-state index < -0.39 is 6.04 Å². The van der Waals surface area contributed by atoms with E-state index >= 15 is 0 Å². The minimum absolute atomic E-state index is 0.280. The van der Waals surface area contributed by atoms with E-state index in [-0.39, 0.29) is 11.8 Å². The van der Waals surface area contributed by atoms with Crippen molar-refractivity contribution in [2.75, 3.05) is 7.05 Å². The Labute approximate surface area is 155 Å². The van der Waals surface area contributed by atoms with E-state index in [1.807, 2.05) is 12.3 Å².